The Hall–Kier alpha value is 0. The van der Waals surface area contributed by atoms with Gasteiger partial charge in [-0.15, -0.1) is 0 Å². The van der Waals surface area contributed by atoms with Crippen molar-refractivity contribution in [1.29, 1.82) is 0 Å². The van der Waals surface area contributed by atoms with Gasteiger partial charge in [-0.25, -0.2) is 0 Å². The lowest BCUT2D eigenvalue weighted by Gasteiger charge is -2.37. The fraction of sp³-hybridized carbons (Fsp3) is 1.00. The number of rotatable bonds is 8. The molecule has 0 radical (unpaired) electrons. The standard InChI is InChI=1S/C14H28.C12H24/c1-11(2)9-13-5-7-14(8-6-13)10-12(3)4;1-9(2)5-11-7-12(8-11)6-10(3)4/h11-14H,5-10H2,1-4H3;9-12H,5-8H2,1-4H3. The SMILES string of the molecule is CC(C)CC1CC(CC(C)C)C1.CC(C)CC1CCC(CC(C)C)CC1. The predicted molar refractivity (Wildman–Crippen MR) is 119 cm³/mol. The molecule has 26 heavy (non-hydrogen) atoms. The van der Waals surface area contributed by atoms with E-state index in [0.29, 0.717) is 0 Å². The summed E-state index contributed by atoms with van der Waals surface area (Å²) in [5.41, 5.74) is 0. The average molecular weight is 365 g/mol. The van der Waals surface area contributed by atoms with Gasteiger partial charge < -0.3 is 0 Å². The van der Waals surface area contributed by atoms with Gasteiger partial charge in [-0.05, 0) is 85.9 Å². The topological polar surface area (TPSA) is 0 Å². The molecule has 0 atom stereocenters. The smallest absolute Gasteiger partial charge is 0.0407 e. The molecular weight excluding hydrogens is 312 g/mol. The summed E-state index contributed by atoms with van der Waals surface area (Å²) < 4.78 is 0. The van der Waals surface area contributed by atoms with Crippen LogP contribution in [-0.4, -0.2) is 0 Å². The van der Waals surface area contributed by atoms with Crippen molar-refractivity contribution in [2.24, 2.45) is 47.3 Å². The second kappa shape index (κ2) is 12.5. The van der Waals surface area contributed by atoms with E-state index >= 15 is 0 Å². The Morgan fingerprint density at radius 3 is 0.885 bits per heavy atom. The Balaban J connectivity index is 0.000000263. The van der Waals surface area contributed by atoms with Gasteiger partial charge >= 0.3 is 0 Å². The third kappa shape index (κ3) is 11.0. The Labute approximate surface area is 167 Å². The lowest BCUT2D eigenvalue weighted by Crippen LogP contribution is -2.25. The van der Waals surface area contributed by atoms with E-state index in [-0.39, 0.29) is 0 Å². The van der Waals surface area contributed by atoms with Gasteiger partial charge in [0.15, 0.2) is 0 Å². The highest BCUT2D eigenvalue weighted by atomic mass is 14.3. The molecule has 2 aliphatic rings. The molecule has 0 heteroatoms. The molecule has 0 bridgehead atoms. The molecule has 2 fully saturated rings. The third-order valence-corrected chi connectivity index (χ3v) is 6.52. The fourth-order valence-corrected chi connectivity index (χ4v) is 5.63. The predicted octanol–water partition coefficient (Wildman–Crippen LogP) is 8.99. The zero-order chi connectivity index (χ0) is 19.7. The zero-order valence-corrected chi connectivity index (χ0v) is 19.7. The van der Waals surface area contributed by atoms with Crippen molar-refractivity contribution in [3.63, 3.8) is 0 Å². The summed E-state index contributed by atoms with van der Waals surface area (Å²) in [6, 6.07) is 0. The molecule has 0 aromatic heterocycles. The molecule has 156 valence electrons. The minimum Gasteiger partial charge on any atom is -0.0628 e. The third-order valence-electron chi connectivity index (χ3n) is 6.52. The van der Waals surface area contributed by atoms with Gasteiger partial charge in [0.05, 0.1) is 0 Å². The lowest BCUT2D eigenvalue weighted by atomic mass is 9.69. The van der Waals surface area contributed by atoms with E-state index in [2.05, 4.69) is 55.4 Å². The fourth-order valence-electron chi connectivity index (χ4n) is 5.63. The molecule has 0 heterocycles. The summed E-state index contributed by atoms with van der Waals surface area (Å²) in [7, 11) is 0. The first-order chi connectivity index (χ1) is 12.2. The molecule has 0 aromatic carbocycles. The van der Waals surface area contributed by atoms with Gasteiger partial charge in [0.25, 0.3) is 0 Å². The van der Waals surface area contributed by atoms with Crippen molar-refractivity contribution in [1.82, 2.24) is 0 Å². The molecule has 0 saturated heterocycles. The molecule has 0 spiro atoms. The molecule has 0 aliphatic heterocycles. The monoisotopic (exact) mass is 364 g/mol. The first-order valence-corrected chi connectivity index (χ1v) is 12.2. The second-order valence-electron chi connectivity index (χ2n) is 11.6. The molecule has 0 unspecified atom stereocenters. The van der Waals surface area contributed by atoms with Crippen LogP contribution < -0.4 is 0 Å². The van der Waals surface area contributed by atoms with Crippen molar-refractivity contribution >= 4 is 0 Å². The van der Waals surface area contributed by atoms with Crippen LogP contribution in [0.3, 0.4) is 0 Å². The molecule has 0 N–H and O–H groups in total. The van der Waals surface area contributed by atoms with Crippen molar-refractivity contribution < 1.29 is 0 Å². The van der Waals surface area contributed by atoms with Crippen LogP contribution in [0.2, 0.25) is 0 Å². The van der Waals surface area contributed by atoms with Gasteiger partial charge in [0.2, 0.25) is 0 Å². The maximum absolute atomic E-state index is 2.36. The lowest BCUT2D eigenvalue weighted by molar-refractivity contribution is 0.142. The first-order valence-electron chi connectivity index (χ1n) is 12.2. The molecule has 0 nitrogen and oxygen atoms in total. The quantitative estimate of drug-likeness (QED) is 0.403. The second-order valence-corrected chi connectivity index (χ2v) is 11.6. The molecule has 0 aromatic rings. The Kier molecular flexibility index (Phi) is 11.5. The number of hydrogen-bond donors (Lipinski definition) is 0. The minimum atomic E-state index is 0.904. The van der Waals surface area contributed by atoms with Crippen LogP contribution in [-0.2, 0) is 0 Å². The summed E-state index contributed by atoms with van der Waals surface area (Å²) in [6.45, 7) is 18.8. The van der Waals surface area contributed by atoms with E-state index in [1.807, 2.05) is 0 Å². The van der Waals surface area contributed by atoms with E-state index in [9.17, 15) is 0 Å². The van der Waals surface area contributed by atoms with Crippen LogP contribution in [0.5, 0.6) is 0 Å². The maximum atomic E-state index is 2.36. The maximum Gasteiger partial charge on any atom is -0.0407 e. The van der Waals surface area contributed by atoms with Crippen LogP contribution >= 0.6 is 0 Å². The van der Waals surface area contributed by atoms with Gasteiger partial charge in [-0.3, -0.25) is 0 Å². The molecule has 2 rings (SSSR count). The highest BCUT2D eigenvalue weighted by Gasteiger charge is 2.29. The van der Waals surface area contributed by atoms with Gasteiger partial charge in [0, 0.05) is 0 Å². The van der Waals surface area contributed by atoms with Crippen LogP contribution in [0.1, 0.15) is 120 Å². The average Bonchev–Trinajstić information content (AvgIpc) is 2.46. The largest absolute Gasteiger partial charge is 0.0628 e. The summed E-state index contributed by atoms with van der Waals surface area (Å²) in [5, 5.41) is 0. The molecular formula is C26H52. The van der Waals surface area contributed by atoms with Crippen LogP contribution in [0.25, 0.3) is 0 Å². The first kappa shape index (κ1) is 24.0. The van der Waals surface area contributed by atoms with E-state index in [0.717, 1.165) is 47.3 Å². The summed E-state index contributed by atoms with van der Waals surface area (Å²) >= 11 is 0. The van der Waals surface area contributed by atoms with E-state index < -0.39 is 0 Å². The van der Waals surface area contributed by atoms with E-state index in [1.54, 1.807) is 0 Å². The highest BCUT2D eigenvalue weighted by Crippen LogP contribution is 2.41. The van der Waals surface area contributed by atoms with Crippen molar-refractivity contribution in [3.8, 4) is 0 Å². The minimum absolute atomic E-state index is 0.904. The summed E-state index contributed by atoms with van der Waals surface area (Å²) in [5.74, 6) is 7.90. The van der Waals surface area contributed by atoms with Gasteiger partial charge in [-0.1, -0.05) is 81.1 Å². The molecule has 2 saturated carbocycles. The summed E-state index contributed by atoms with van der Waals surface area (Å²) in [6.07, 6.45) is 15.0. The van der Waals surface area contributed by atoms with Crippen LogP contribution in [0, 0.1) is 47.3 Å². The zero-order valence-electron chi connectivity index (χ0n) is 19.7. The Morgan fingerprint density at radius 1 is 0.423 bits per heavy atom. The molecule has 2 aliphatic carbocycles. The summed E-state index contributed by atoms with van der Waals surface area (Å²) in [4.78, 5) is 0. The van der Waals surface area contributed by atoms with E-state index in [4.69, 9.17) is 0 Å². The van der Waals surface area contributed by atoms with Crippen molar-refractivity contribution in [2.45, 2.75) is 120 Å². The van der Waals surface area contributed by atoms with Crippen LogP contribution in [0.15, 0.2) is 0 Å². The normalized spacial score (nSPS) is 29.1. The van der Waals surface area contributed by atoms with Gasteiger partial charge in [-0.2, -0.15) is 0 Å². The Morgan fingerprint density at radius 2 is 0.654 bits per heavy atom. The Bertz CT molecular complexity index is 292. The molecule has 0 amide bonds. The highest BCUT2D eigenvalue weighted by molar-refractivity contribution is 4.80. The van der Waals surface area contributed by atoms with Crippen molar-refractivity contribution in [3.05, 3.63) is 0 Å². The number of hydrogen-bond acceptors (Lipinski definition) is 0. The van der Waals surface area contributed by atoms with Crippen LogP contribution in [0.4, 0.5) is 0 Å². The van der Waals surface area contributed by atoms with Gasteiger partial charge in [0.1, 0.15) is 0 Å². The van der Waals surface area contributed by atoms with E-state index in [1.165, 1.54) is 64.2 Å². The van der Waals surface area contributed by atoms with Crippen molar-refractivity contribution in [2.75, 3.05) is 0 Å².